The number of carbonyl (C=O) groups excluding carboxylic acids is 1. The number of benzene rings is 2. The van der Waals surface area contributed by atoms with Crippen LogP contribution in [0.1, 0.15) is 35.2 Å². The molecule has 5 heteroatoms. The van der Waals surface area contributed by atoms with E-state index in [4.69, 9.17) is 0 Å². The zero-order valence-corrected chi connectivity index (χ0v) is 14.0. The predicted octanol–water partition coefficient (Wildman–Crippen LogP) is 3.72. The van der Waals surface area contributed by atoms with Crippen LogP contribution in [0.4, 0.5) is 4.39 Å². The smallest absolute Gasteiger partial charge is 0.261 e. The summed E-state index contributed by atoms with van der Waals surface area (Å²) in [6.45, 7) is 1.23. The van der Waals surface area contributed by atoms with Crippen LogP contribution < -0.4 is 0 Å². The topological polar surface area (TPSA) is 60.8 Å². The van der Waals surface area contributed by atoms with Crippen molar-refractivity contribution < 1.29 is 19.4 Å². The molecule has 2 N–H and O–H groups in total. The lowest BCUT2D eigenvalue weighted by molar-refractivity contribution is 0.0662. The molecular weight excluding hydrogens is 321 g/mol. The Kier molecular flexibility index (Phi) is 5.22. The molecule has 0 radical (unpaired) electrons. The summed E-state index contributed by atoms with van der Waals surface area (Å²) in [5.41, 5.74) is 1.06. The number of nitrogens with zero attached hydrogens (tertiary/aromatic N) is 1. The number of hydrogen-bond acceptors (Lipinski definition) is 3. The molecule has 132 valence electrons. The highest BCUT2D eigenvalue weighted by Gasteiger charge is 2.27. The van der Waals surface area contributed by atoms with Crippen LogP contribution in [0.3, 0.4) is 0 Å². The quantitative estimate of drug-likeness (QED) is 0.889. The third-order valence-electron chi connectivity index (χ3n) is 4.80. The van der Waals surface area contributed by atoms with Gasteiger partial charge in [-0.1, -0.05) is 18.2 Å². The van der Waals surface area contributed by atoms with E-state index in [1.165, 1.54) is 30.3 Å². The van der Waals surface area contributed by atoms with E-state index in [9.17, 15) is 19.4 Å². The maximum absolute atomic E-state index is 13.0. The largest absolute Gasteiger partial charge is 0.507 e. The van der Waals surface area contributed by atoms with Gasteiger partial charge in [0.25, 0.3) is 5.91 Å². The average Bonchev–Trinajstić information content (AvgIpc) is 2.61. The Bertz CT molecular complexity index is 725. The Morgan fingerprint density at radius 1 is 1.12 bits per heavy atom. The number of rotatable bonds is 4. The standard InChI is InChI=1S/C20H22FNO3/c21-16-10-8-14(9-11-16)6-7-15-3-2-12-22(13-15)20(25)19-17(23)4-1-5-18(19)24/h1,4-5,8-11,15,23-24H,2-3,6-7,12-13H2. The molecule has 2 aromatic carbocycles. The van der Waals surface area contributed by atoms with E-state index in [0.717, 1.165) is 31.2 Å². The zero-order chi connectivity index (χ0) is 17.8. The van der Waals surface area contributed by atoms with Gasteiger partial charge in [-0.05, 0) is 61.4 Å². The van der Waals surface area contributed by atoms with Crippen molar-refractivity contribution in [3.8, 4) is 11.5 Å². The Labute approximate surface area is 146 Å². The molecule has 0 bridgehead atoms. The van der Waals surface area contributed by atoms with Crippen molar-refractivity contribution in [3.63, 3.8) is 0 Å². The fourth-order valence-electron chi connectivity index (χ4n) is 3.41. The third-order valence-corrected chi connectivity index (χ3v) is 4.80. The van der Waals surface area contributed by atoms with Gasteiger partial charge in [0, 0.05) is 13.1 Å². The van der Waals surface area contributed by atoms with Crippen LogP contribution in [0.15, 0.2) is 42.5 Å². The fourth-order valence-corrected chi connectivity index (χ4v) is 3.41. The van der Waals surface area contributed by atoms with Crippen molar-refractivity contribution in [2.45, 2.75) is 25.7 Å². The van der Waals surface area contributed by atoms with Gasteiger partial charge in [0.2, 0.25) is 0 Å². The van der Waals surface area contributed by atoms with Crippen LogP contribution in [-0.4, -0.2) is 34.1 Å². The molecule has 1 unspecified atom stereocenters. The summed E-state index contributed by atoms with van der Waals surface area (Å²) in [4.78, 5) is 14.4. The Morgan fingerprint density at radius 3 is 2.48 bits per heavy atom. The summed E-state index contributed by atoms with van der Waals surface area (Å²) in [5, 5.41) is 19.8. The van der Waals surface area contributed by atoms with E-state index in [1.807, 2.05) is 0 Å². The first-order chi connectivity index (χ1) is 12.0. The van der Waals surface area contributed by atoms with E-state index in [0.29, 0.717) is 19.0 Å². The third kappa shape index (κ3) is 4.10. The van der Waals surface area contributed by atoms with Crippen LogP contribution in [0.2, 0.25) is 0 Å². The van der Waals surface area contributed by atoms with E-state index >= 15 is 0 Å². The molecular formula is C20H22FNO3. The van der Waals surface area contributed by atoms with Gasteiger partial charge in [-0.25, -0.2) is 4.39 Å². The molecule has 1 amide bonds. The average molecular weight is 343 g/mol. The number of aryl methyl sites for hydroxylation is 1. The number of carbonyl (C=O) groups is 1. The number of aromatic hydroxyl groups is 2. The number of piperidine rings is 1. The second-order valence-electron chi connectivity index (χ2n) is 6.60. The molecule has 1 saturated heterocycles. The van der Waals surface area contributed by atoms with Gasteiger partial charge in [-0.2, -0.15) is 0 Å². The molecule has 0 aliphatic carbocycles. The monoisotopic (exact) mass is 343 g/mol. The summed E-state index contributed by atoms with van der Waals surface area (Å²) in [6, 6.07) is 10.8. The Morgan fingerprint density at radius 2 is 1.80 bits per heavy atom. The van der Waals surface area contributed by atoms with Crippen LogP contribution in [-0.2, 0) is 6.42 Å². The molecule has 0 spiro atoms. The molecule has 2 aromatic rings. The first kappa shape index (κ1) is 17.3. The number of likely N-dealkylation sites (tertiary alicyclic amines) is 1. The first-order valence-electron chi connectivity index (χ1n) is 8.59. The highest BCUT2D eigenvalue weighted by molar-refractivity contribution is 5.99. The van der Waals surface area contributed by atoms with Crippen molar-refractivity contribution in [1.29, 1.82) is 0 Å². The molecule has 1 fully saturated rings. The minimum absolute atomic E-state index is 0.0262. The molecule has 4 nitrogen and oxygen atoms in total. The lowest BCUT2D eigenvalue weighted by atomic mass is 9.91. The van der Waals surface area contributed by atoms with Gasteiger partial charge < -0.3 is 15.1 Å². The lowest BCUT2D eigenvalue weighted by Gasteiger charge is -2.33. The summed E-state index contributed by atoms with van der Waals surface area (Å²) < 4.78 is 13.0. The van der Waals surface area contributed by atoms with Gasteiger partial charge in [0.15, 0.2) is 0 Å². The number of halogens is 1. The maximum Gasteiger partial charge on any atom is 0.261 e. The number of phenols is 2. The van der Waals surface area contributed by atoms with Crippen molar-refractivity contribution >= 4 is 5.91 Å². The van der Waals surface area contributed by atoms with Gasteiger partial charge in [0.05, 0.1) is 0 Å². The highest BCUT2D eigenvalue weighted by atomic mass is 19.1. The Hall–Kier alpha value is -2.56. The minimum Gasteiger partial charge on any atom is -0.507 e. The second kappa shape index (κ2) is 7.55. The minimum atomic E-state index is -0.331. The van der Waals surface area contributed by atoms with Crippen molar-refractivity contribution in [2.75, 3.05) is 13.1 Å². The first-order valence-corrected chi connectivity index (χ1v) is 8.59. The molecule has 1 atom stereocenters. The van der Waals surface area contributed by atoms with Crippen LogP contribution in [0.5, 0.6) is 11.5 Å². The fraction of sp³-hybridized carbons (Fsp3) is 0.350. The van der Waals surface area contributed by atoms with Crippen LogP contribution >= 0.6 is 0 Å². The molecule has 1 aliphatic rings. The van der Waals surface area contributed by atoms with E-state index in [2.05, 4.69) is 0 Å². The lowest BCUT2D eigenvalue weighted by Crippen LogP contribution is -2.40. The van der Waals surface area contributed by atoms with E-state index in [-0.39, 0.29) is 28.8 Å². The van der Waals surface area contributed by atoms with Gasteiger partial charge in [-0.3, -0.25) is 4.79 Å². The number of hydrogen-bond donors (Lipinski definition) is 2. The van der Waals surface area contributed by atoms with Crippen molar-refractivity contribution in [2.24, 2.45) is 5.92 Å². The SMILES string of the molecule is O=C(c1c(O)cccc1O)N1CCCC(CCc2ccc(F)cc2)C1. The van der Waals surface area contributed by atoms with Crippen molar-refractivity contribution in [1.82, 2.24) is 4.90 Å². The summed E-state index contributed by atoms with van der Waals surface area (Å²) in [5.74, 6) is -0.602. The van der Waals surface area contributed by atoms with Crippen molar-refractivity contribution in [3.05, 3.63) is 59.4 Å². The molecule has 0 saturated carbocycles. The highest BCUT2D eigenvalue weighted by Crippen LogP contribution is 2.30. The van der Waals surface area contributed by atoms with Gasteiger partial charge in [-0.15, -0.1) is 0 Å². The molecule has 3 rings (SSSR count). The summed E-state index contributed by atoms with van der Waals surface area (Å²) in [7, 11) is 0. The van der Waals surface area contributed by atoms with Gasteiger partial charge in [0.1, 0.15) is 22.9 Å². The van der Waals surface area contributed by atoms with Crippen LogP contribution in [0.25, 0.3) is 0 Å². The van der Waals surface area contributed by atoms with E-state index in [1.54, 1.807) is 17.0 Å². The molecule has 1 heterocycles. The maximum atomic E-state index is 13.0. The number of phenolic OH excluding ortho intramolecular Hbond substituents is 2. The summed E-state index contributed by atoms with van der Waals surface area (Å²) in [6.07, 6.45) is 3.70. The second-order valence-corrected chi connectivity index (χ2v) is 6.60. The Balaban J connectivity index is 1.62. The van der Waals surface area contributed by atoms with E-state index < -0.39 is 0 Å². The normalized spacial score (nSPS) is 17.5. The van der Waals surface area contributed by atoms with Crippen LogP contribution in [0, 0.1) is 11.7 Å². The molecule has 25 heavy (non-hydrogen) atoms. The molecule has 1 aliphatic heterocycles. The zero-order valence-electron chi connectivity index (χ0n) is 14.0. The van der Waals surface area contributed by atoms with Gasteiger partial charge >= 0.3 is 0 Å². The predicted molar refractivity (Wildman–Crippen MR) is 93.1 cm³/mol. The number of amides is 1. The molecule has 0 aromatic heterocycles. The summed E-state index contributed by atoms with van der Waals surface area (Å²) >= 11 is 0.